The van der Waals surface area contributed by atoms with Crippen LogP contribution < -0.4 is 5.73 Å². The van der Waals surface area contributed by atoms with Crippen LogP contribution in [0.25, 0.3) is 0 Å². The summed E-state index contributed by atoms with van der Waals surface area (Å²) in [6.07, 6.45) is 1.10. The molecule has 0 aliphatic rings. The molecular weight excluding hydrogens is 184 g/mol. The molecule has 15 heavy (non-hydrogen) atoms. The summed E-state index contributed by atoms with van der Waals surface area (Å²) in [5, 5.41) is 0. The van der Waals surface area contributed by atoms with Gasteiger partial charge in [-0.25, -0.2) is 0 Å². The molecule has 1 aromatic carbocycles. The minimum absolute atomic E-state index is 0.468. The Kier molecular flexibility index (Phi) is 4.79. The number of rotatable bonds is 5. The van der Waals surface area contributed by atoms with E-state index in [2.05, 4.69) is 50.1 Å². The van der Waals surface area contributed by atoms with Crippen LogP contribution in [-0.2, 0) is 6.42 Å². The Hall–Kier alpha value is -0.860. The van der Waals surface area contributed by atoms with E-state index in [1.54, 1.807) is 0 Å². The van der Waals surface area contributed by atoms with Crippen molar-refractivity contribution in [3.05, 3.63) is 35.4 Å². The Morgan fingerprint density at radius 2 is 1.87 bits per heavy atom. The predicted molar refractivity (Wildman–Crippen MR) is 66.0 cm³/mol. The largest absolute Gasteiger partial charge is 0.329 e. The normalized spacial score (nSPS) is 13.1. The molecule has 0 saturated heterocycles. The van der Waals surface area contributed by atoms with Crippen LogP contribution in [0.4, 0.5) is 0 Å². The van der Waals surface area contributed by atoms with E-state index in [0.717, 1.165) is 19.5 Å². The van der Waals surface area contributed by atoms with Crippen LogP contribution in [-0.4, -0.2) is 31.1 Å². The fraction of sp³-hybridized carbons (Fsp3) is 0.538. The molecule has 0 aliphatic carbocycles. The molecule has 1 rings (SSSR count). The summed E-state index contributed by atoms with van der Waals surface area (Å²) in [5.74, 6) is 0. The van der Waals surface area contributed by atoms with E-state index in [-0.39, 0.29) is 0 Å². The summed E-state index contributed by atoms with van der Waals surface area (Å²) >= 11 is 0. The van der Waals surface area contributed by atoms with Crippen molar-refractivity contribution in [2.75, 3.05) is 20.1 Å². The molecule has 0 spiro atoms. The van der Waals surface area contributed by atoms with Crippen molar-refractivity contribution in [3.63, 3.8) is 0 Å². The highest BCUT2D eigenvalue weighted by Crippen LogP contribution is 2.05. The zero-order valence-electron chi connectivity index (χ0n) is 10.0. The first-order chi connectivity index (χ1) is 7.13. The number of likely N-dealkylation sites (N-methyl/N-ethyl adjacent to an activating group) is 1. The molecule has 84 valence electrons. The van der Waals surface area contributed by atoms with Gasteiger partial charge in [-0.1, -0.05) is 29.8 Å². The van der Waals surface area contributed by atoms with Crippen molar-refractivity contribution in [1.82, 2.24) is 4.90 Å². The minimum atomic E-state index is 0.468. The maximum atomic E-state index is 5.62. The minimum Gasteiger partial charge on any atom is -0.329 e. The van der Waals surface area contributed by atoms with Gasteiger partial charge in [0.25, 0.3) is 0 Å². The Bertz CT molecular complexity index is 279. The molecule has 1 unspecified atom stereocenters. The Morgan fingerprint density at radius 3 is 2.40 bits per heavy atom. The predicted octanol–water partition coefficient (Wildman–Crippen LogP) is 1.82. The highest BCUT2D eigenvalue weighted by atomic mass is 15.1. The lowest BCUT2D eigenvalue weighted by Gasteiger charge is -2.23. The van der Waals surface area contributed by atoms with Crippen molar-refractivity contribution in [1.29, 1.82) is 0 Å². The molecular formula is C13H22N2. The van der Waals surface area contributed by atoms with Gasteiger partial charge < -0.3 is 10.6 Å². The van der Waals surface area contributed by atoms with Gasteiger partial charge in [0.2, 0.25) is 0 Å². The quantitative estimate of drug-likeness (QED) is 0.796. The van der Waals surface area contributed by atoms with Gasteiger partial charge in [-0.05, 0) is 32.9 Å². The van der Waals surface area contributed by atoms with E-state index in [0.29, 0.717) is 6.04 Å². The molecule has 1 aromatic rings. The Balaban J connectivity index is 2.40. The fourth-order valence-electron chi connectivity index (χ4n) is 1.46. The third-order valence-corrected chi connectivity index (χ3v) is 2.97. The first-order valence-electron chi connectivity index (χ1n) is 5.59. The number of benzene rings is 1. The summed E-state index contributed by atoms with van der Waals surface area (Å²) in [5.41, 5.74) is 8.34. The Labute approximate surface area is 93.1 Å². The van der Waals surface area contributed by atoms with Crippen molar-refractivity contribution in [3.8, 4) is 0 Å². The molecule has 0 aromatic heterocycles. The molecule has 0 fully saturated rings. The van der Waals surface area contributed by atoms with Gasteiger partial charge in [0.15, 0.2) is 0 Å². The molecule has 0 radical (unpaired) electrons. The van der Waals surface area contributed by atoms with Gasteiger partial charge in [-0.15, -0.1) is 0 Å². The highest BCUT2D eigenvalue weighted by Gasteiger charge is 2.06. The van der Waals surface area contributed by atoms with Gasteiger partial charge in [0.05, 0.1) is 0 Å². The van der Waals surface area contributed by atoms with E-state index in [4.69, 9.17) is 5.73 Å². The average Bonchev–Trinajstić information content (AvgIpc) is 2.26. The fourth-order valence-corrected chi connectivity index (χ4v) is 1.46. The lowest BCUT2D eigenvalue weighted by atomic mass is 10.1. The molecule has 1 atom stereocenters. The molecule has 0 aliphatic heterocycles. The molecule has 2 nitrogen and oxygen atoms in total. The van der Waals surface area contributed by atoms with Crippen LogP contribution >= 0.6 is 0 Å². The molecule has 0 bridgehead atoms. The van der Waals surface area contributed by atoms with Gasteiger partial charge in [0, 0.05) is 19.1 Å². The van der Waals surface area contributed by atoms with E-state index in [9.17, 15) is 0 Å². The first kappa shape index (κ1) is 12.2. The van der Waals surface area contributed by atoms with E-state index >= 15 is 0 Å². The summed E-state index contributed by atoms with van der Waals surface area (Å²) < 4.78 is 0. The molecule has 2 N–H and O–H groups in total. The third kappa shape index (κ3) is 4.02. The van der Waals surface area contributed by atoms with Crippen LogP contribution in [0, 0.1) is 6.92 Å². The topological polar surface area (TPSA) is 29.3 Å². The van der Waals surface area contributed by atoms with E-state index in [1.807, 2.05) is 0 Å². The van der Waals surface area contributed by atoms with Crippen molar-refractivity contribution < 1.29 is 0 Å². The summed E-state index contributed by atoms with van der Waals surface area (Å²) in [6, 6.07) is 9.21. The second-order valence-electron chi connectivity index (χ2n) is 4.30. The number of hydrogen-bond donors (Lipinski definition) is 1. The second-order valence-corrected chi connectivity index (χ2v) is 4.30. The maximum absolute atomic E-state index is 5.62. The maximum Gasteiger partial charge on any atom is 0.0187 e. The third-order valence-electron chi connectivity index (χ3n) is 2.97. The molecule has 0 heterocycles. The van der Waals surface area contributed by atoms with Crippen LogP contribution in [0.5, 0.6) is 0 Å². The molecule has 0 amide bonds. The van der Waals surface area contributed by atoms with E-state index in [1.165, 1.54) is 11.1 Å². The van der Waals surface area contributed by atoms with E-state index < -0.39 is 0 Å². The van der Waals surface area contributed by atoms with Crippen LogP contribution in [0.15, 0.2) is 24.3 Å². The number of hydrogen-bond acceptors (Lipinski definition) is 2. The standard InChI is InChI=1S/C13H22N2/c1-11-4-6-13(7-5-11)8-9-15(3)12(2)10-14/h4-7,12H,8-10,14H2,1-3H3. The van der Waals surface area contributed by atoms with Crippen molar-refractivity contribution in [2.45, 2.75) is 26.3 Å². The first-order valence-corrected chi connectivity index (χ1v) is 5.59. The summed E-state index contributed by atoms with van der Waals surface area (Å²) in [4.78, 5) is 2.31. The zero-order valence-corrected chi connectivity index (χ0v) is 10.0. The van der Waals surface area contributed by atoms with Crippen molar-refractivity contribution >= 4 is 0 Å². The summed E-state index contributed by atoms with van der Waals surface area (Å²) in [7, 11) is 2.13. The second kappa shape index (κ2) is 5.89. The number of nitrogens with zero attached hydrogens (tertiary/aromatic N) is 1. The molecule has 0 saturated carbocycles. The molecule has 2 heteroatoms. The number of nitrogens with two attached hydrogens (primary N) is 1. The number of aryl methyl sites for hydroxylation is 1. The smallest absolute Gasteiger partial charge is 0.0187 e. The van der Waals surface area contributed by atoms with Gasteiger partial charge >= 0.3 is 0 Å². The van der Waals surface area contributed by atoms with Crippen LogP contribution in [0.1, 0.15) is 18.1 Å². The van der Waals surface area contributed by atoms with Gasteiger partial charge in [-0.3, -0.25) is 0 Å². The van der Waals surface area contributed by atoms with Gasteiger partial charge in [-0.2, -0.15) is 0 Å². The highest BCUT2D eigenvalue weighted by molar-refractivity contribution is 5.21. The Morgan fingerprint density at radius 1 is 1.27 bits per heavy atom. The lowest BCUT2D eigenvalue weighted by Crippen LogP contribution is -2.36. The lowest BCUT2D eigenvalue weighted by molar-refractivity contribution is 0.266. The van der Waals surface area contributed by atoms with Crippen molar-refractivity contribution in [2.24, 2.45) is 5.73 Å². The summed E-state index contributed by atoms with van der Waals surface area (Å²) in [6.45, 7) is 6.08. The van der Waals surface area contributed by atoms with Crippen LogP contribution in [0.2, 0.25) is 0 Å². The van der Waals surface area contributed by atoms with Crippen LogP contribution in [0.3, 0.4) is 0 Å². The van der Waals surface area contributed by atoms with Gasteiger partial charge in [0.1, 0.15) is 0 Å². The monoisotopic (exact) mass is 206 g/mol. The zero-order chi connectivity index (χ0) is 11.3. The SMILES string of the molecule is Cc1ccc(CCN(C)C(C)CN)cc1. The average molecular weight is 206 g/mol.